The van der Waals surface area contributed by atoms with Crippen LogP contribution in [0, 0.1) is 34.5 Å². The molecule has 0 bridgehead atoms. The monoisotopic (exact) mass is 426 g/mol. The second kappa shape index (κ2) is 7.36. The Balaban J connectivity index is 1.36. The van der Waals surface area contributed by atoms with Gasteiger partial charge >= 0.3 is 0 Å². The number of nitrogens with zero attached hydrogens (tertiary/aromatic N) is 2. The van der Waals surface area contributed by atoms with Crippen LogP contribution in [0.25, 0.3) is 0 Å². The third-order valence-electron chi connectivity index (χ3n) is 9.68. The van der Waals surface area contributed by atoms with Gasteiger partial charge in [0.15, 0.2) is 5.12 Å². The normalized spacial score (nSPS) is 43.0. The Morgan fingerprint density at radius 1 is 1.07 bits per heavy atom. The number of amides is 1. The van der Waals surface area contributed by atoms with Gasteiger partial charge in [0.1, 0.15) is 5.03 Å². The summed E-state index contributed by atoms with van der Waals surface area (Å²) in [5, 5.41) is 1.14. The first-order valence-corrected chi connectivity index (χ1v) is 12.5. The SMILES string of the molecule is CN1C(=O)CC[C@]2(C)C3CC[C@@]4(C)C(CC[C@@H]4C(=O)Sc4ccccn4)C3CCC12. The number of thioether (sulfide) groups is 1. The van der Waals surface area contributed by atoms with Crippen LogP contribution in [-0.4, -0.2) is 34.0 Å². The molecule has 0 aromatic carbocycles. The molecule has 2 heterocycles. The lowest BCUT2D eigenvalue weighted by Gasteiger charge is -2.61. The van der Waals surface area contributed by atoms with Crippen molar-refractivity contribution in [2.75, 3.05) is 7.05 Å². The van der Waals surface area contributed by atoms with Crippen LogP contribution >= 0.6 is 11.8 Å². The Bertz CT molecular complexity index is 845. The minimum atomic E-state index is 0.125. The van der Waals surface area contributed by atoms with Crippen molar-refractivity contribution in [3.8, 4) is 0 Å². The molecule has 5 rings (SSSR count). The first-order valence-electron chi connectivity index (χ1n) is 11.7. The number of fused-ring (bicyclic) bond motifs is 5. The van der Waals surface area contributed by atoms with Gasteiger partial charge in [-0.2, -0.15) is 0 Å². The highest BCUT2D eigenvalue weighted by atomic mass is 32.2. The summed E-state index contributed by atoms with van der Waals surface area (Å²) in [6.07, 6.45) is 10.5. The molecular weight excluding hydrogens is 392 g/mol. The third kappa shape index (κ3) is 2.98. The molecule has 7 atom stereocenters. The molecular formula is C25H34N2O2S. The van der Waals surface area contributed by atoms with E-state index in [0.29, 0.717) is 41.2 Å². The van der Waals surface area contributed by atoms with Gasteiger partial charge in [0, 0.05) is 31.6 Å². The molecule has 1 aromatic heterocycles. The van der Waals surface area contributed by atoms with Crippen molar-refractivity contribution >= 4 is 22.8 Å². The fraction of sp³-hybridized carbons (Fsp3) is 0.720. The Morgan fingerprint density at radius 3 is 2.63 bits per heavy atom. The first kappa shape index (κ1) is 20.5. The van der Waals surface area contributed by atoms with Crippen LogP contribution in [0.1, 0.15) is 65.2 Å². The predicted molar refractivity (Wildman–Crippen MR) is 119 cm³/mol. The average molecular weight is 427 g/mol. The maximum Gasteiger partial charge on any atom is 0.222 e. The lowest BCUT2D eigenvalue weighted by molar-refractivity contribution is -0.158. The molecule has 0 N–H and O–H groups in total. The van der Waals surface area contributed by atoms with Crippen molar-refractivity contribution in [1.82, 2.24) is 9.88 Å². The van der Waals surface area contributed by atoms with E-state index in [4.69, 9.17) is 0 Å². The molecule has 4 nitrogen and oxygen atoms in total. The van der Waals surface area contributed by atoms with Crippen LogP contribution in [0.3, 0.4) is 0 Å². The van der Waals surface area contributed by atoms with Gasteiger partial charge in [-0.05, 0) is 97.4 Å². The van der Waals surface area contributed by atoms with E-state index in [1.165, 1.54) is 31.0 Å². The van der Waals surface area contributed by atoms with E-state index >= 15 is 0 Å². The minimum Gasteiger partial charge on any atom is -0.342 e. The van der Waals surface area contributed by atoms with Crippen molar-refractivity contribution in [2.45, 2.75) is 76.3 Å². The van der Waals surface area contributed by atoms with E-state index in [1.807, 2.05) is 25.2 Å². The minimum absolute atomic E-state index is 0.125. The van der Waals surface area contributed by atoms with Crippen LogP contribution in [-0.2, 0) is 9.59 Å². The number of hydrogen-bond donors (Lipinski definition) is 0. The molecule has 1 aromatic rings. The summed E-state index contributed by atoms with van der Waals surface area (Å²) in [5.74, 6) is 2.54. The van der Waals surface area contributed by atoms with Crippen molar-refractivity contribution in [2.24, 2.45) is 34.5 Å². The van der Waals surface area contributed by atoms with Crippen LogP contribution in [0.5, 0.6) is 0 Å². The highest BCUT2D eigenvalue weighted by Crippen LogP contribution is 2.66. The molecule has 4 unspecified atom stereocenters. The summed E-state index contributed by atoms with van der Waals surface area (Å²) in [6.45, 7) is 4.88. The number of aromatic nitrogens is 1. The number of carbonyl (C=O) groups excluding carboxylic acids is 2. The lowest BCUT2D eigenvalue weighted by atomic mass is 9.47. The second-order valence-electron chi connectivity index (χ2n) is 10.7. The topological polar surface area (TPSA) is 50.3 Å². The molecule has 1 saturated heterocycles. The van der Waals surface area contributed by atoms with Gasteiger partial charge in [-0.15, -0.1) is 0 Å². The fourth-order valence-corrected chi connectivity index (χ4v) is 9.12. The molecule has 4 aliphatic rings. The van der Waals surface area contributed by atoms with Gasteiger partial charge in [-0.1, -0.05) is 19.9 Å². The van der Waals surface area contributed by atoms with Crippen molar-refractivity contribution in [3.63, 3.8) is 0 Å². The number of hydrogen-bond acceptors (Lipinski definition) is 4. The Kier molecular flexibility index (Phi) is 5.04. The van der Waals surface area contributed by atoms with Gasteiger partial charge in [0.25, 0.3) is 0 Å². The summed E-state index contributed by atoms with van der Waals surface area (Å²) in [4.78, 5) is 32.0. The summed E-state index contributed by atoms with van der Waals surface area (Å²) in [7, 11) is 2.02. The van der Waals surface area contributed by atoms with Gasteiger partial charge in [-0.25, -0.2) is 4.98 Å². The summed E-state index contributed by atoms with van der Waals surface area (Å²) in [5.41, 5.74) is 0.372. The molecule has 162 valence electrons. The highest BCUT2D eigenvalue weighted by Gasteiger charge is 2.62. The number of carbonyl (C=O) groups is 2. The fourth-order valence-electron chi connectivity index (χ4n) is 8.12. The predicted octanol–water partition coefficient (Wildman–Crippen LogP) is 5.18. The zero-order valence-corrected chi connectivity index (χ0v) is 19.3. The number of pyridine rings is 1. The van der Waals surface area contributed by atoms with Gasteiger partial charge < -0.3 is 4.90 Å². The molecule has 3 saturated carbocycles. The van der Waals surface area contributed by atoms with Crippen LogP contribution < -0.4 is 0 Å². The lowest BCUT2D eigenvalue weighted by Crippen LogP contribution is -2.61. The van der Waals surface area contributed by atoms with Crippen LogP contribution in [0.2, 0.25) is 0 Å². The van der Waals surface area contributed by atoms with Crippen molar-refractivity contribution in [3.05, 3.63) is 24.4 Å². The van der Waals surface area contributed by atoms with Crippen molar-refractivity contribution in [1.29, 1.82) is 0 Å². The molecule has 4 fully saturated rings. The molecule has 0 radical (unpaired) electrons. The van der Waals surface area contributed by atoms with E-state index < -0.39 is 0 Å². The molecule has 5 heteroatoms. The van der Waals surface area contributed by atoms with E-state index in [0.717, 1.165) is 30.7 Å². The number of rotatable bonds is 2. The first-order chi connectivity index (χ1) is 14.3. The molecule has 0 spiro atoms. The Hall–Kier alpha value is -1.36. The van der Waals surface area contributed by atoms with E-state index in [9.17, 15) is 9.59 Å². The van der Waals surface area contributed by atoms with Gasteiger partial charge in [0.05, 0.1) is 0 Å². The zero-order valence-electron chi connectivity index (χ0n) is 18.5. The highest BCUT2D eigenvalue weighted by molar-refractivity contribution is 8.13. The summed E-state index contributed by atoms with van der Waals surface area (Å²) < 4.78 is 0. The zero-order chi connectivity index (χ0) is 21.1. The quantitative estimate of drug-likeness (QED) is 0.612. The van der Waals surface area contributed by atoms with Gasteiger partial charge in [0.2, 0.25) is 5.91 Å². The van der Waals surface area contributed by atoms with Crippen LogP contribution in [0.15, 0.2) is 29.4 Å². The Labute approximate surface area is 184 Å². The largest absolute Gasteiger partial charge is 0.342 e. The second-order valence-corrected chi connectivity index (χ2v) is 11.8. The van der Waals surface area contributed by atoms with E-state index in [-0.39, 0.29) is 16.7 Å². The molecule has 30 heavy (non-hydrogen) atoms. The average Bonchev–Trinajstić information content (AvgIpc) is 3.09. The Morgan fingerprint density at radius 2 is 1.87 bits per heavy atom. The molecule has 1 amide bonds. The molecule has 3 aliphatic carbocycles. The number of likely N-dealkylation sites (tertiary alicyclic amines) is 1. The standard InChI is InChI=1S/C25H34N2O2S/c1-24-13-11-18-16(7-10-20-25(18,2)14-12-22(28)27(20)3)17(24)8-9-19(24)23(29)30-21-6-4-5-15-26-21/h4-6,15-20H,7-14H2,1-3H3/t16?,17?,18?,19-,20?,24+,25-/m1/s1. The third-order valence-corrected chi connectivity index (χ3v) is 10.6. The number of piperidine rings is 1. The van der Waals surface area contributed by atoms with Gasteiger partial charge in [-0.3, -0.25) is 9.59 Å². The summed E-state index contributed by atoms with van der Waals surface area (Å²) >= 11 is 1.35. The summed E-state index contributed by atoms with van der Waals surface area (Å²) in [6, 6.07) is 6.20. The van der Waals surface area contributed by atoms with Crippen LogP contribution in [0.4, 0.5) is 0 Å². The maximum absolute atomic E-state index is 13.3. The smallest absolute Gasteiger partial charge is 0.222 e. The van der Waals surface area contributed by atoms with E-state index in [2.05, 4.69) is 23.7 Å². The molecule has 1 aliphatic heterocycles. The maximum atomic E-state index is 13.3. The van der Waals surface area contributed by atoms with E-state index in [1.54, 1.807) is 6.20 Å². The van der Waals surface area contributed by atoms with Crippen molar-refractivity contribution < 1.29 is 9.59 Å².